The summed E-state index contributed by atoms with van der Waals surface area (Å²) in [6.07, 6.45) is -3.00. The Balaban J connectivity index is 2.38. The van der Waals surface area contributed by atoms with Gasteiger partial charge in [-0.25, -0.2) is 4.98 Å². The molecule has 0 aliphatic carbocycles. The minimum atomic E-state index is -4.57. The van der Waals surface area contributed by atoms with Crippen LogP contribution >= 0.6 is 0 Å². The van der Waals surface area contributed by atoms with Crippen LogP contribution < -0.4 is 5.32 Å². The highest BCUT2D eigenvalue weighted by Crippen LogP contribution is 2.29. The van der Waals surface area contributed by atoms with Gasteiger partial charge in [-0.15, -0.1) is 0 Å². The summed E-state index contributed by atoms with van der Waals surface area (Å²) in [5.74, 6) is -0.0768. The fourth-order valence-electron chi connectivity index (χ4n) is 1.49. The normalized spacial score (nSPS) is 15.3. The quantitative estimate of drug-likeness (QED) is 0.896. The van der Waals surface area contributed by atoms with Gasteiger partial charge < -0.3 is 10.4 Å². The van der Waals surface area contributed by atoms with Crippen molar-refractivity contribution >= 4 is 11.6 Å². The lowest BCUT2D eigenvalue weighted by molar-refractivity contribution is -0.141. The number of hydrogen-bond acceptors (Lipinski definition) is 5. The molecule has 0 aromatic carbocycles. The molecule has 2 heterocycles. The van der Waals surface area contributed by atoms with E-state index in [0.717, 1.165) is 16.9 Å². The van der Waals surface area contributed by atoms with Crippen LogP contribution in [-0.4, -0.2) is 36.8 Å². The summed E-state index contributed by atoms with van der Waals surface area (Å²) in [4.78, 5) is 7.05. The Kier molecular flexibility index (Phi) is 3.55. The monoisotopic (exact) mass is 289 g/mol. The van der Waals surface area contributed by atoms with Crippen LogP contribution in [0.1, 0.15) is 26.0 Å². The maximum Gasteiger partial charge on any atom is 0.433 e. The molecular weight excluding hydrogens is 275 g/mol. The van der Waals surface area contributed by atoms with Crippen LogP contribution in [0.5, 0.6) is 0 Å². The van der Waals surface area contributed by atoms with Gasteiger partial charge in [0.1, 0.15) is 12.1 Å². The standard InChI is InChI=1S/C11H14F3N5O/c1-3-10(2,20)5-15-8-4-7(11(12,13)14)18-9-16-6-17-19(8)9/h4,6,15,20H,3,5H2,1-2H3. The van der Waals surface area contributed by atoms with Gasteiger partial charge in [-0.3, -0.25) is 0 Å². The highest BCUT2D eigenvalue weighted by Gasteiger charge is 2.34. The van der Waals surface area contributed by atoms with Gasteiger partial charge in [0.25, 0.3) is 5.78 Å². The number of aromatic nitrogens is 4. The number of hydrogen-bond donors (Lipinski definition) is 2. The molecule has 2 N–H and O–H groups in total. The van der Waals surface area contributed by atoms with Gasteiger partial charge in [0.15, 0.2) is 5.69 Å². The van der Waals surface area contributed by atoms with Gasteiger partial charge >= 0.3 is 6.18 Å². The van der Waals surface area contributed by atoms with Crippen molar-refractivity contribution in [1.29, 1.82) is 0 Å². The molecule has 0 saturated heterocycles. The lowest BCUT2D eigenvalue weighted by Gasteiger charge is -2.22. The highest BCUT2D eigenvalue weighted by atomic mass is 19.4. The summed E-state index contributed by atoms with van der Waals surface area (Å²) in [5.41, 5.74) is -2.09. The first-order valence-electron chi connectivity index (χ1n) is 5.97. The first-order chi connectivity index (χ1) is 9.23. The van der Waals surface area contributed by atoms with Crippen LogP contribution in [0.15, 0.2) is 12.4 Å². The smallest absolute Gasteiger partial charge is 0.388 e. The van der Waals surface area contributed by atoms with Gasteiger partial charge in [0, 0.05) is 12.6 Å². The Morgan fingerprint density at radius 1 is 1.40 bits per heavy atom. The molecule has 0 radical (unpaired) electrons. The topological polar surface area (TPSA) is 75.3 Å². The number of nitrogens with zero attached hydrogens (tertiary/aromatic N) is 4. The van der Waals surface area contributed by atoms with Gasteiger partial charge in [0.05, 0.1) is 5.60 Å². The molecule has 20 heavy (non-hydrogen) atoms. The largest absolute Gasteiger partial charge is 0.433 e. The fraction of sp³-hybridized carbons (Fsp3) is 0.545. The predicted molar refractivity (Wildman–Crippen MR) is 65.2 cm³/mol. The summed E-state index contributed by atoms with van der Waals surface area (Å²) in [7, 11) is 0. The van der Waals surface area contributed by atoms with Gasteiger partial charge in [0.2, 0.25) is 0 Å². The molecule has 9 heteroatoms. The molecule has 2 aromatic heterocycles. The van der Waals surface area contributed by atoms with Crippen molar-refractivity contribution in [2.24, 2.45) is 0 Å². The highest BCUT2D eigenvalue weighted by molar-refractivity contribution is 5.45. The fourth-order valence-corrected chi connectivity index (χ4v) is 1.49. The summed E-state index contributed by atoms with van der Waals surface area (Å²) in [6, 6.07) is 0.841. The van der Waals surface area contributed by atoms with Gasteiger partial charge in [-0.1, -0.05) is 6.92 Å². The first-order valence-corrected chi connectivity index (χ1v) is 5.97. The zero-order valence-corrected chi connectivity index (χ0v) is 10.9. The molecule has 2 rings (SSSR count). The molecule has 0 fully saturated rings. The molecule has 0 aliphatic rings. The van der Waals surface area contributed by atoms with Crippen LogP contribution in [0.25, 0.3) is 5.78 Å². The molecular formula is C11H14F3N5O. The third kappa shape index (κ3) is 2.98. The van der Waals surface area contributed by atoms with Crippen LogP contribution in [0, 0.1) is 0 Å². The second-order valence-electron chi connectivity index (χ2n) is 4.70. The molecule has 0 aliphatic heterocycles. The molecule has 2 aromatic rings. The van der Waals surface area contributed by atoms with Crippen LogP contribution in [0.2, 0.25) is 0 Å². The number of fused-ring (bicyclic) bond motifs is 1. The molecule has 110 valence electrons. The van der Waals surface area contributed by atoms with E-state index in [0.29, 0.717) is 6.42 Å². The Morgan fingerprint density at radius 2 is 2.10 bits per heavy atom. The van der Waals surface area contributed by atoms with E-state index in [1.165, 1.54) is 0 Å². The van der Waals surface area contributed by atoms with Crippen molar-refractivity contribution in [1.82, 2.24) is 19.6 Å². The SMILES string of the molecule is CCC(C)(O)CNc1cc(C(F)(F)F)nc2ncnn12. The molecule has 0 amide bonds. The number of nitrogens with one attached hydrogen (secondary N) is 1. The molecule has 0 bridgehead atoms. The van der Waals surface area contributed by atoms with E-state index in [4.69, 9.17) is 0 Å². The van der Waals surface area contributed by atoms with Crippen molar-refractivity contribution in [3.05, 3.63) is 18.1 Å². The van der Waals surface area contributed by atoms with Crippen LogP contribution in [-0.2, 0) is 6.18 Å². The van der Waals surface area contributed by atoms with Crippen LogP contribution in [0.3, 0.4) is 0 Å². The maximum absolute atomic E-state index is 12.7. The summed E-state index contributed by atoms with van der Waals surface area (Å²) in [6.45, 7) is 3.45. The van der Waals surface area contributed by atoms with Crippen molar-refractivity contribution in [2.45, 2.75) is 32.0 Å². The molecule has 1 unspecified atom stereocenters. The lowest BCUT2D eigenvalue weighted by atomic mass is 10.0. The first kappa shape index (κ1) is 14.5. The molecule has 0 spiro atoms. The third-order valence-corrected chi connectivity index (χ3v) is 2.95. The number of alkyl halides is 3. The minimum absolute atomic E-state index is 0.0774. The van der Waals surface area contributed by atoms with E-state index < -0.39 is 17.5 Å². The van der Waals surface area contributed by atoms with Crippen LogP contribution in [0.4, 0.5) is 19.0 Å². The van der Waals surface area contributed by atoms with Gasteiger partial charge in [-0.2, -0.15) is 27.8 Å². The van der Waals surface area contributed by atoms with E-state index in [1.54, 1.807) is 13.8 Å². The zero-order chi connectivity index (χ0) is 15.0. The molecule has 6 nitrogen and oxygen atoms in total. The average molecular weight is 289 g/mol. The number of rotatable bonds is 4. The van der Waals surface area contributed by atoms with Crippen molar-refractivity contribution in [3.8, 4) is 0 Å². The Morgan fingerprint density at radius 3 is 2.70 bits per heavy atom. The second-order valence-corrected chi connectivity index (χ2v) is 4.70. The van der Waals surface area contributed by atoms with E-state index in [9.17, 15) is 18.3 Å². The Bertz CT molecular complexity index is 608. The average Bonchev–Trinajstić information content (AvgIpc) is 2.83. The van der Waals surface area contributed by atoms with Crippen molar-refractivity contribution < 1.29 is 18.3 Å². The number of anilines is 1. The number of halogens is 3. The van der Waals surface area contributed by atoms with E-state index in [2.05, 4.69) is 20.4 Å². The number of aliphatic hydroxyl groups is 1. The predicted octanol–water partition coefficient (Wildman–Crippen LogP) is 1.72. The van der Waals surface area contributed by atoms with E-state index >= 15 is 0 Å². The second kappa shape index (κ2) is 4.89. The van der Waals surface area contributed by atoms with Crippen molar-refractivity contribution in [2.75, 3.05) is 11.9 Å². The van der Waals surface area contributed by atoms with E-state index in [-0.39, 0.29) is 18.1 Å². The summed E-state index contributed by atoms with van der Waals surface area (Å²) < 4.78 is 39.4. The molecule has 0 saturated carbocycles. The third-order valence-electron chi connectivity index (χ3n) is 2.95. The molecule has 1 atom stereocenters. The Labute approximate surface area is 112 Å². The van der Waals surface area contributed by atoms with E-state index in [1.807, 2.05) is 0 Å². The zero-order valence-electron chi connectivity index (χ0n) is 10.9. The summed E-state index contributed by atoms with van der Waals surface area (Å²) >= 11 is 0. The Hall–Kier alpha value is -1.90. The minimum Gasteiger partial charge on any atom is -0.388 e. The van der Waals surface area contributed by atoms with Gasteiger partial charge in [-0.05, 0) is 13.3 Å². The summed E-state index contributed by atoms with van der Waals surface area (Å²) in [5, 5.41) is 16.4. The lowest BCUT2D eigenvalue weighted by Crippen LogP contribution is -2.33. The van der Waals surface area contributed by atoms with Crippen molar-refractivity contribution in [3.63, 3.8) is 0 Å². The maximum atomic E-state index is 12.7.